The predicted molar refractivity (Wildman–Crippen MR) is 50.3 cm³/mol. The largest absolute Gasteiger partial charge is 0.314 e. The number of aromatic nitrogens is 2. The second kappa shape index (κ2) is 3.93. The van der Waals surface area contributed by atoms with Gasteiger partial charge in [-0.2, -0.15) is 5.10 Å². The average Bonchev–Trinajstić information content (AvgIpc) is 2.67. The normalized spacial score (nSPS) is 26.5. The molecule has 1 aromatic rings. The number of nitrogens with one attached hydrogen (secondary N) is 1. The Hall–Kier alpha value is -1.50. The van der Waals surface area contributed by atoms with Gasteiger partial charge in [0.1, 0.15) is 18.6 Å². The first-order valence-electron chi connectivity index (χ1n) is 4.72. The zero-order chi connectivity index (χ0) is 10.8. The lowest BCUT2D eigenvalue weighted by Crippen LogP contribution is -2.39. The molecule has 0 aliphatic carbocycles. The van der Waals surface area contributed by atoms with Crippen LogP contribution in [0.5, 0.6) is 0 Å². The fourth-order valence-electron chi connectivity index (χ4n) is 1.71. The monoisotopic (exact) mass is 214 g/mol. The highest BCUT2D eigenvalue weighted by molar-refractivity contribution is 5.21. The minimum atomic E-state index is -1.04. The van der Waals surface area contributed by atoms with Gasteiger partial charge in [0.2, 0.25) is 0 Å². The van der Waals surface area contributed by atoms with Crippen LogP contribution >= 0.6 is 0 Å². The van der Waals surface area contributed by atoms with Gasteiger partial charge >= 0.3 is 5.69 Å². The van der Waals surface area contributed by atoms with Gasteiger partial charge in [0, 0.05) is 6.54 Å². The van der Waals surface area contributed by atoms with Crippen LogP contribution in [0.2, 0.25) is 0 Å². The van der Waals surface area contributed by atoms with Crippen LogP contribution in [0.15, 0.2) is 12.4 Å². The quantitative estimate of drug-likeness (QED) is 0.580. The summed E-state index contributed by atoms with van der Waals surface area (Å²) in [6.07, 6.45) is 1.98. The van der Waals surface area contributed by atoms with Crippen molar-refractivity contribution in [3.05, 3.63) is 22.5 Å². The third kappa shape index (κ3) is 1.96. The van der Waals surface area contributed by atoms with Crippen molar-refractivity contribution < 1.29 is 9.31 Å². The van der Waals surface area contributed by atoms with Crippen molar-refractivity contribution >= 4 is 5.69 Å². The molecule has 1 aromatic heterocycles. The molecule has 2 atom stereocenters. The van der Waals surface area contributed by atoms with E-state index in [1.807, 2.05) is 0 Å². The van der Waals surface area contributed by atoms with Crippen LogP contribution in [-0.2, 0) is 0 Å². The van der Waals surface area contributed by atoms with Crippen molar-refractivity contribution in [3.63, 3.8) is 0 Å². The molecule has 1 aliphatic rings. The van der Waals surface area contributed by atoms with Crippen LogP contribution in [0.1, 0.15) is 12.5 Å². The van der Waals surface area contributed by atoms with Gasteiger partial charge in [-0.15, -0.1) is 0 Å². The zero-order valence-corrected chi connectivity index (χ0v) is 7.97. The fourth-order valence-corrected chi connectivity index (χ4v) is 1.71. The van der Waals surface area contributed by atoms with Crippen LogP contribution < -0.4 is 5.32 Å². The summed E-state index contributed by atoms with van der Waals surface area (Å²) in [6, 6.07) is -0.389. The summed E-state index contributed by atoms with van der Waals surface area (Å²) in [7, 11) is 0. The van der Waals surface area contributed by atoms with Gasteiger partial charge in [0.25, 0.3) is 0 Å². The number of hydrogen-bond acceptors (Lipinski definition) is 4. The standard InChI is InChI=1S/C8H11FN4O2/c9-7-4-10-2-1-8(7)12-5-6(3-11-12)13(14)15/h3,5,7-8,10H,1-2,4H2/t7-,8-/m1/s1. The Morgan fingerprint density at radius 1 is 1.73 bits per heavy atom. The maximum Gasteiger partial charge on any atom is 0.307 e. The lowest BCUT2D eigenvalue weighted by Gasteiger charge is -2.26. The molecule has 0 unspecified atom stereocenters. The molecule has 7 heteroatoms. The van der Waals surface area contributed by atoms with E-state index in [1.54, 1.807) is 0 Å². The van der Waals surface area contributed by atoms with Crippen LogP contribution in [-0.4, -0.2) is 34.0 Å². The van der Waals surface area contributed by atoms with Gasteiger partial charge in [-0.1, -0.05) is 0 Å². The zero-order valence-electron chi connectivity index (χ0n) is 7.97. The third-order valence-corrected chi connectivity index (χ3v) is 2.51. The molecule has 15 heavy (non-hydrogen) atoms. The topological polar surface area (TPSA) is 73.0 Å². The summed E-state index contributed by atoms with van der Waals surface area (Å²) >= 11 is 0. The maximum absolute atomic E-state index is 13.5. The lowest BCUT2D eigenvalue weighted by molar-refractivity contribution is -0.385. The Bertz CT molecular complexity index is 367. The highest BCUT2D eigenvalue weighted by atomic mass is 19.1. The maximum atomic E-state index is 13.5. The van der Waals surface area contributed by atoms with E-state index in [0.29, 0.717) is 13.0 Å². The molecule has 0 amide bonds. The number of hydrogen-bond donors (Lipinski definition) is 1. The third-order valence-electron chi connectivity index (χ3n) is 2.51. The molecule has 1 fully saturated rings. The molecular weight excluding hydrogens is 203 g/mol. The summed E-state index contributed by atoms with van der Waals surface area (Å²) in [4.78, 5) is 9.89. The van der Waals surface area contributed by atoms with Gasteiger partial charge < -0.3 is 5.32 Å². The van der Waals surface area contributed by atoms with Crippen molar-refractivity contribution in [3.8, 4) is 0 Å². The number of alkyl halides is 1. The summed E-state index contributed by atoms with van der Waals surface area (Å²) < 4.78 is 14.8. The Labute approximate surface area is 85.2 Å². The highest BCUT2D eigenvalue weighted by Gasteiger charge is 2.27. The number of nitrogens with zero attached hydrogens (tertiary/aromatic N) is 3. The van der Waals surface area contributed by atoms with E-state index >= 15 is 0 Å². The molecule has 2 heterocycles. The van der Waals surface area contributed by atoms with Gasteiger partial charge in [-0.05, 0) is 13.0 Å². The molecule has 6 nitrogen and oxygen atoms in total. The molecule has 0 aromatic carbocycles. The Balaban J connectivity index is 2.17. The van der Waals surface area contributed by atoms with E-state index in [4.69, 9.17) is 0 Å². The average molecular weight is 214 g/mol. The summed E-state index contributed by atoms with van der Waals surface area (Å²) in [5.41, 5.74) is -0.0965. The molecular formula is C8H11FN4O2. The van der Waals surface area contributed by atoms with E-state index < -0.39 is 11.1 Å². The Morgan fingerprint density at radius 3 is 3.13 bits per heavy atom. The van der Waals surface area contributed by atoms with Crippen LogP contribution in [0.3, 0.4) is 0 Å². The summed E-state index contributed by atoms with van der Waals surface area (Å²) in [6.45, 7) is 0.983. The summed E-state index contributed by atoms with van der Waals surface area (Å²) in [5, 5.41) is 17.2. The van der Waals surface area contributed by atoms with Crippen molar-refractivity contribution in [1.82, 2.24) is 15.1 Å². The van der Waals surface area contributed by atoms with Gasteiger partial charge in [0.15, 0.2) is 0 Å². The fraction of sp³-hybridized carbons (Fsp3) is 0.625. The second-order valence-corrected chi connectivity index (χ2v) is 3.51. The van der Waals surface area contributed by atoms with E-state index in [9.17, 15) is 14.5 Å². The van der Waals surface area contributed by atoms with E-state index in [1.165, 1.54) is 10.9 Å². The summed E-state index contributed by atoms with van der Waals surface area (Å²) in [5.74, 6) is 0. The van der Waals surface area contributed by atoms with Crippen molar-refractivity contribution in [2.75, 3.05) is 13.1 Å². The SMILES string of the molecule is O=[N+]([O-])c1cnn([C@@H]2CCNC[C@H]2F)c1. The van der Waals surface area contributed by atoms with E-state index in [0.717, 1.165) is 6.20 Å². The Kier molecular flexibility index (Phi) is 2.63. The van der Waals surface area contributed by atoms with E-state index in [-0.39, 0.29) is 18.3 Å². The second-order valence-electron chi connectivity index (χ2n) is 3.51. The first kappa shape index (κ1) is 10.0. The molecule has 2 rings (SSSR count). The van der Waals surface area contributed by atoms with Gasteiger partial charge in [-0.3, -0.25) is 14.8 Å². The lowest BCUT2D eigenvalue weighted by atomic mass is 10.1. The predicted octanol–water partition coefficient (Wildman–Crippen LogP) is 0.664. The number of nitro groups is 1. The van der Waals surface area contributed by atoms with E-state index in [2.05, 4.69) is 10.4 Å². The molecule has 1 N–H and O–H groups in total. The minimum absolute atomic E-state index is 0.0965. The van der Waals surface area contributed by atoms with Crippen molar-refractivity contribution in [2.24, 2.45) is 0 Å². The molecule has 0 spiro atoms. The van der Waals surface area contributed by atoms with Gasteiger partial charge in [0.05, 0.1) is 11.0 Å². The first-order chi connectivity index (χ1) is 7.18. The number of rotatable bonds is 2. The van der Waals surface area contributed by atoms with Crippen molar-refractivity contribution in [1.29, 1.82) is 0 Å². The molecule has 0 radical (unpaired) electrons. The molecule has 1 aliphatic heterocycles. The molecule has 0 bridgehead atoms. The minimum Gasteiger partial charge on any atom is -0.314 e. The smallest absolute Gasteiger partial charge is 0.307 e. The van der Waals surface area contributed by atoms with Crippen molar-refractivity contribution in [2.45, 2.75) is 18.6 Å². The van der Waals surface area contributed by atoms with Crippen LogP contribution in [0, 0.1) is 10.1 Å². The van der Waals surface area contributed by atoms with Gasteiger partial charge in [-0.25, -0.2) is 4.39 Å². The van der Waals surface area contributed by atoms with Crippen LogP contribution in [0.25, 0.3) is 0 Å². The molecule has 1 saturated heterocycles. The highest BCUT2D eigenvalue weighted by Crippen LogP contribution is 2.22. The number of halogens is 1. The molecule has 82 valence electrons. The number of piperidine rings is 1. The molecule has 0 saturated carbocycles. The first-order valence-corrected chi connectivity index (χ1v) is 4.72. The Morgan fingerprint density at radius 2 is 2.53 bits per heavy atom. The van der Waals surface area contributed by atoms with Crippen LogP contribution in [0.4, 0.5) is 10.1 Å².